The molecule has 0 radical (unpaired) electrons. The van der Waals surface area contributed by atoms with E-state index in [0.29, 0.717) is 23.2 Å². The van der Waals surface area contributed by atoms with Gasteiger partial charge < -0.3 is 14.2 Å². The minimum atomic E-state index is -0.227. The molecule has 6 aromatic rings. The van der Waals surface area contributed by atoms with E-state index in [1.54, 1.807) is 44.4 Å². The molecule has 0 saturated heterocycles. The third-order valence-corrected chi connectivity index (χ3v) is 7.36. The van der Waals surface area contributed by atoms with Gasteiger partial charge in [0.15, 0.2) is 5.78 Å². The molecule has 3 aromatic carbocycles. The van der Waals surface area contributed by atoms with Gasteiger partial charge in [-0.15, -0.1) is 0 Å². The fourth-order valence-electron chi connectivity index (χ4n) is 5.15. The van der Waals surface area contributed by atoms with Crippen molar-refractivity contribution in [1.82, 2.24) is 24.0 Å². The predicted octanol–water partition coefficient (Wildman–Crippen LogP) is 6.18. The summed E-state index contributed by atoms with van der Waals surface area (Å²) in [6, 6.07) is 22.9. The van der Waals surface area contributed by atoms with E-state index in [2.05, 4.69) is 14.5 Å². The molecule has 0 saturated carbocycles. The average Bonchev–Trinajstić information content (AvgIpc) is 3.53. The topological polar surface area (TPSA) is 82.2 Å². The highest BCUT2D eigenvalue weighted by atomic mass is 16.5. The number of aryl methyl sites for hydroxylation is 1. The van der Waals surface area contributed by atoms with Gasteiger partial charge in [-0.05, 0) is 47.9 Å². The molecule has 41 heavy (non-hydrogen) atoms. The van der Waals surface area contributed by atoms with Crippen molar-refractivity contribution >= 4 is 33.8 Å². The highest BCUT2D eigenvalue weighted by molar-refractivity contribution is 6.17. The average molecular weight is 544 g/mol. The summed E-state index contributed by atoms with van der Waals surface area (Å²) in [7, 11) is 5.03. The van der Waals surface area contributed by atoms with Gasteiger partial charge in [-0.3, -0.25) is 14.3 Å². The molecule has 6 rings (SSSR count). The molecule has 0 aliphatic heterocycles. The van der Waals surface area contributed by atoms with Crippen LogP contribution >= 0.6 is 0 Å². The van der Waals surface area contributed by atoms with Crippen LogP contribution in [-0.4, -0.2) is 57.0 Å². The molecular formula is C33H29N5O3. The first kappa shape index (κ1) is 26.0. The van der Waals surface area contributed by atoms with Gasteiger partial charge in [0, 0.05) is 49.5 Å². The normalized spacial score (nSPS) is 11.2. The molecule has 8 heteroatoms. The fraction of sp³-hybridized carbons (Fsp3) is 0.152. The fourth-order valence-corrected chi connectivity index (χ4v) is 5.15. The van der Waals surface area contributed by atoms with Crippen molar-refractivity contribution in [1.29, 1.82) is 0 Å². The summed E-state index contributed by atoms with van der Waals surface area (Å²) in [6.45, 7) is 2.61. The zero-order valence-electron chi connectivity index (χ0n) is 23.3. The van der Waals surface area contributed by atoms with Crippen LogP contribution in [0.5, 0.6) is 5.75 Å². The first-order valence-corrected chi connectivity index (χ1v) is 13.3. The first-order valence-electron chi connectivity index (χ1n) is 13.3. The van der Waals surface area contributed by atoms with Gasteiger partial charge in [-0.1, -0.05) is 48.5 Å². The van der Waals surface area contributed by atoms with Crippen LogP contribution in [0.2, 0.25) is 0 Å². The van der Waals surface area contributed by atoms with Gasteiger partial charge in [0.1, 0.15) is 17.1 Å². The number of fused-ring (bicyclic) bond motifs is 2. The maximum Gasteiger partial charge on any atom is 0.328 e. The second kappa shape index (κ2) is 10.4. The van der Waals surface area contributed by atoms with Crippen molar-refractivity contribution in [2.45, 2.75) is 13.5 Å². The quantitative estimate of drug-likeness (QED) is 0.234. The number of pyridine rings is 1. The maximum atomic E-state index is 13.8. The molecule has 0 aliphatic carbocycles. The summed E-state index contributed by atoms with van der Waals surface area (Å²) < 4.78 is 8.96. The van der Waals surface area contributed by atoms with Crippen LogP contribution in [0.4, 0.5) is 4.79 Å². The highest BCUT2D eigenvalue weighted by Crippen LogP contribution is 2.30. The number of ether oxygens (including phenoxy) is 1. The number of nitrogens with zero attached hydrogens (tertiary/aromatic N) is 5. The lowest BCUT2D eigenvalue weighted by Crippen LogP contribution is -2.26. The van der Waals surface area contributed by atoms with Gasteiger partial charge in [-0.25, -0.2) is 9.78 Å². The molecule has 3 aromatic heterocycles. The van der Waals surface area contributed by atoms with Crippen molar-refractivity contribution in [2.75, 3.05) is 21.2 Å². The Morgan fingerprint density at radius 2 is 1.63 bits per heavy atom. The monoisotopic (exact) mass is 543 g/mol. The van der Waals surface area contributed by atoms with E-state index in [1.807, 2.05) is 79.7 Å². The van der Waals surface area contributed by atoms with E-state index >= 15 is 0 Å². The van der Waals surface area contributed by atoms with E-state index in [-0.39, 0.29) is 11.8 Å². The van der Waals surface area contributed by atoms with E-state index in [1.165, 1.54) is 4.90 Å². The molecule has 0 aliphatic rings. The summed E-state index contributed by atoms with van der Waals surface area (Å²) in [4.78, 5) is 37.2. The Kier molecular flexibility index (Phi) is 6.59. The Labute approximate surface area is 237 Å². The van der Waals surface area contributed by atoms with E-state index in [0.717, 1.165) is 44.7 Å². The number of benzene rings is 3. The van der Waals surface area contributed by atoms with E-state index in [9.17, 15) is 9.59 Å². The Hall–Kier alpha value is -5.24. The molecule has 8 nitrogen and oxygen atoms in total. The molecule has 0 atom stereocenters. The number of carbonyl (C=O) groups is 2. The van der Waals surface area contributed by atoms with Crippen molar-refractivity contribution < 1.29 is 14.3 Å². The number of imidazole rings is 1. The molecule has 3 heterocycles. The minimum absolute atomic E-state index is 0.139. The maximum absolute atomic E-state index is 13.8. The van der Waals surface area contributed by atoms with Crippen molar-refractivity contribution in [3.63, 3.8) is 0 Å². The lowest BCUT2D eigenvalue weighted by Gasteiger charge is -2.12. The van der Waals surface area contributed by atoms with Crippen molar-refractivity contribution in [3.8, 4) is 16.9 Å². The van der Waals surface area contributed by atoms with Crippen LogP contribution < -0.4 is 4.74 Å². The predicted molar refractivity (Wildman–Crippen MR) is 160 cm³/mol. The Morgan fingerprint density at radius 1 is 0.902 bits per heavy atom. The summed E-state index contributed by atoms with van der Waals surface area (Å²) >= 11 is 0. The van der Waals surface area contributed by atoms with Crippen molar-refractivity contribution in [2.24, 2.45) is 0 Å². The summed E-state index contributed by atoms with van der Waals surface area (Å²) in [6.07, 6.45) is 5.17. The van der Waals surface area contributed by atoms with Gasteiger partial charge in [0.25, 0.3) is 0 Å². The van der Waals surface area contributed by atoms with Crippen LogP contribution in [-0.2, 0) is 6.54 Å². The minimum Gasteiger partial charge on any atom is -0.497 e. The number of aromatic nitrogens is 4. The Balaban J connectivity index is 1.34. The second-order valence-corrected chi connectivity index (χ2v) is 10.2. The van der Waals surface area contributed by atoms with Gasteiger partial charge in [0.05, 0.1) is 24.3 Å². The summed E-state index contributed by atoms with van der Waals surface area (Å²) in [5, 5.41) is 0.723. The Bertz CT molecular complexity index is 1920. The standard InChI is InChI=1S/C33H29N5O3/c1-21-35-29-18-34-16-15-30(29)37(21)19-22-5-7-24(8-6-22)32(39)28-20-38(33(40)36(2)3)31-17-25(11-14-27(28)31)23-9-12-26(41-4)13-10-23/h5-18,20H,19H2,1-4H3. The summed E-state index contributed by atoms with van der Waals surface area (Å²) in [5.41, 5.74) is 6.56. The van der Waals surface area contributed by atoms with Crippen molar-refractivity contribution in [3.05, 3.63) is 114 Å². The van der Waals surface area contributed by atoms with Crippen LogP contribution in [0.1, 0.15) is 27.3 Å². The van der Waals surface area contributed by atoms with Crippen LogP contribution in [0.15, 0.2) is 91.4 Å². The number of ketones is 1. The van der Waals surface area contributed by atoms with Gasteiger partial charge >= 0.3 is 6.03 Å². The third-order valence-electron chi connectivity index (χ3n) is 7.36. The molecule has 204 valence electrons. The van der Waals surface area contributed by atoms with Crippen LogP contribution in [0.25, 0.3) is 33.1 Å². The SMILES string of the molecule is COc1ccc(-c2ccc3c(C(=O)c4ccc(Cn5c(C)nc6cnccc65)cc4)cn(C(=O)N(C)C)c3c2)cc1. The van der Waals surface area contributed by atoms with E-state index in [4.69, 9.17) is 4.74 Å². The second-order valence-electron chi connectivity index (χ2n) is 10.2. The number of hydrogen-bond acceptors (Lipinski definition) is 5. The lowest BCUT2D eigenvalue weighted by atomic mass is 9.99. The molecule has 0 unspecified atom stereocenters. The Morgan fingerprint density at radius 3 is 2.34 bits per heavy atom. The number of hydrogen-bond donors (Lipinski definition) is 0. The number of methoxy groups -OCH3 is 1. The lowest BCUT2D eigenvalue weighted by molar-refractivity contribution is 0.104. The number of rotatable bonds is 6. The molecule has 0 fully saturated rings. The van der Waals surface area contributed by atoms with Gasteiger partial charge in [-0.2, -0.15) is 0 Å². The molecule has 0 N–H and O–H groups in total. The molecule has 0 spiro atoms. The third kappa shape index (κ3) is 4.74. The highest BCUT2D eigenvalue weighted by Gasteiger charge is 2.21. The zero-order chi connectivity index (χ0) is 28.7. The van der Waals surface area contributed by atoms with Gasteiger partial charge in [0.2, 0.25) is 0 Å². The van der Waals surface area contributed by atoms with Crippen LogP contribution in [0.3, 0.4) is 0 Å². The largest absolute Gasteiger partial charge is 0.497 e. The van der Waals surface area contributed by atoms with E-state index < -0.39 is 0 Å². The first-order chi connectivity index (χ1) is 19.8. The summed E-state index contributed by atoms with van der Waals surface area (Å²) in [5.74, 6) is 1.53. The number of carbonyl (C=O) groups excluding carboxylic acids is 2. The molecule has 1 amide bonds. The molecule has 0 bridgehead atoms. The smallest absolute Gasteiger partial charge is 0.328 e. The number of amides is 1. The van der Waals surface area contributed by atoms with Crippen LogP contribution in [0, 0.1) is 6.92 Å². The molecular weight excluding hydrogens is 514 g/mol. The zero-order valence-corrected chi connectivity index (χ0v) is 23.3.